The minimum absolute atomic E-state index is 0.197. The van der Waals surface area contributed by atoms with E-state index >= 15 is 0 Å². The Hall–Kier alpha value is -2.16. The van der Waals surface area contributed by atoms with Crippen LogP contribution in [0.4, 0.5) is 5.82 Å². The molecule has 112 valence electrons. The molecule has 1 saturated carbocycles. The van der Waals surface area contributed by atoms with Gasteiger partial charge in [0.05, 0.1) is 11.6 Å². The van der Waals surface area contributed by atoms with E-state index in [0.717, 1.165) is 36.9 Å². The molecule has 0 aromatic carbocycles. The van der Waals surface area contributed by atoms with Crippen molar-refractivity contribution in [1.82, 2.24) is 10.2 Å². The predicted molar refractivity (Wildman–Crippen MR) is 77.8 cm³/mol. The minimum atomic E-state index is -0.687. The van der Waals surface area contributed by atoms with Gasteiger partial charge >= 0.3 is 5.97 Å². The van der Waals surface area contributed by atoms with E-state index < -0.39 is 5.97 Å². The van der Waals surface area contributed by atoms with Crippen LogP contribution in [-0.2, 0) is 4.79 Å². The molecule has 0 aliphatic heterocycles. The molecule has 6 nitrogen and oxygen atoms in total. The van der Waals surface area contributed by atoms with Crippen LogP contribution in [0.5, 0.6) is 0 Å². The van der Waals surface area contributed by atoms with Gasteiger partial charge in [-0.3, -0.25) is 4.79 Å². The Balaban J connectivity index is 1.95. The van der Waals surface area contributed by atoms with Gasteiger partial charge in [-0.15, -0.1) is 5.10 Å². The van der Waals surface area contributed by atoms with Crippen molar-refractivity contribution in [3.05, 3.63) is 16.8 Å². The number of nitrogens with zero attached hydrogens (tertiary/aromatic N) is 3. The summed E-state index contributed by atoms with van der Waals surface area (Å²) in [6.07, 6.45) is 3.24. The number of nitrogens with one attached hydrogen (secondary N) is 1. The summed E-state index contributed by atoms with van der Waals surface area (Å²) in [7, 11) is 0. The van der Waals surface area contributed by atoms with E-state index in [-0.39, 0.29) is 5.92 Å². The number of aryl methyl sites for hydroxylation is 1. The minimum Gasteiger partial charge on any atom is -0.481 e. The average Bonchev–Trinajstić information content (AvgIpc) is 2.49. The first kappa shape index (κ1) is 15.2. The zero-order valence-electron chi connectivity index (χ0n) is 12.4. The second-order valence-electron chi connectivity index (χ2n) is 5.68. The third kappa shape index (κ3) is 3.48. The highest BCUT2D eigenvalue weighted by atomic mass is 16.4. The smallest absolute Gasteiger partial charge is 0.306 e. The van der Waals surface area contributed by atoms with Crippen molar-refractivity contribution in [3.8, 4) is 6.07 Å². The highest BCUT2D eigenvalue weighted by Crippen LogP contribution is 2.29. The van der Waals surface area contributed by atoms with Crippen LogP contribution >= 0.6 is 0 Å². The van der Waals surface area contributed by atoms with Crippen molar-refractivity contribution in [1.29, 1.82) is 5.26 Å². The van der Waals surface area contributed by atoms with Crippen LogP contribution in [-0.4, -0.2) is 27.8 Å². The molecular weight excluding hydrogens is 268 g/mol. The van der Waals surface area contributed by atoms with Gasteiger partial charge in [-0.25, -0.2) is 0 Å². The number of nitriles is 1. The molecule has 0 atom stereocenters. The van der Waals surface area contributed by atoms with Gasteiger partial charge in [0.1, 0.15) is 11.6 Å². The lowest BCUT2D eigenvalue weighted by molar-refractivity contribution is -0.143. The van der Waals surface area contributed by atoms with Gasteiger partial charge in [0, 0.05) is 6.54 Å². The number of hydrogen-bond donors (Lipinski definition) is 2. The number of carbonyl (C=O) groups is 1. The van der Waals surface area contributed by atoms with E-state index in [2.05, 4.69) is 21.6 Å². The summed E-state index contributed by atoms with van der Waals surface area (Å²) in [4.78, 5) is 10.9. The zero-order valence-corrected chi connectivity index (χ0v) is 12.4. The van der Waals surface area contributed by atoms with Gasteiger partial charge in [-0.05, 0) is 51.0 Å². The molecule has 0 unspecified atom stereocenters. The molecule has 6 heteroatoms. The van der Waals surface area contributed by atoms with Crippen LogP contribution < -0.4 is 5.32 Å². The van der Waals surface area contributed by atoms with E-state index in [1.165, 1.54) is 0 Å². The van der Waals surface area contributed by atoms with Crippen molar-refractivity contribution >= 4 is 11.8 Å². The van der Waals surface area contributed by atoms with Crippen molar-refractivity contribution in [2.45, 2.75) is 39.5 Å². The lowest BCUT2D eigenvalue weighted by Gasteiger charge is -2.26. The van der Waals surface area contributed by atoms with Crippen molar-refractivity contribution < 1.29 is 9.90 Å². The number of aromatic nitrogens is 2. The van der Waals surface area contributed by atoms with Gasteiger partial charge in [-0.1, -0.05) is 0 Å². The van der Waals surface area contributed by atoms with Crippen LogP contribution in [0, 0.1) is 37.0 Å². The summed E-state index contributed by atoms with van der Waals surface area (Å²) in [6, 6.07) is 2.17. The molecule has 0 spiro atoms. The van der Waals surface area contributed by atoms with Crippen LogP contribution in [0.25, 0.3) is 0 Å². The van der Waals surface area contributed by atoms with E-state index in [0.29, 0.717) is 23.8 Å². The van der Waals surface area contributed by atoms with Gasteiger partial charge in [0.15, 0.2) is 5.82 Å². The second kappa shape index (κ2) is 6.53. The predicted octanol–water partition coefficient (Wildman–Crippen LogP) is 2.27. The first-order valence-corrected chi connectivity index (χ1v) is 7.23. The zero-order chi connectivity index (χ0) is 15.4. The second-order valence-corrected chi connectivity index (χ2v) is 5.68. The van der Waals surface area contributed by atoms with Crippen molar-refractivity contribution in [2.24, 2.45) is 11.8 Å². The Labute approximate surface area is 124 Å². The Morgan fingerprint density at radius 3 is 2.57 bits per heavy atom. The number of carboxylic acids is 1. The van der Waals surface area contributed by atoms with Crippen molar-refractivity contribution in [3.63, 3.8) is 0 Å². The molecule has 1 aromatic rings. The lowest BCUT2D eigenvalue weighted by Crippen LogP contribution is -2.25. The maximum absolute atomic E-state index is 10.9. The monoisotopic (exact) mass is 288 g/mol. The Morgan fingerprint density at radius 2 is 2.00 bits per heavy atom. The molecule has 0 bridgehead atoms. The molecule has 21 heavy (non-hydrogen) atoms. The maximum Gasteiger partial charge on any atom is 0.306 e. The summed E-state index contributed by atoms with van der Waals surface area (Å²) in [6.45, 7) is 4.41. The molecule has 2 rings (SSSR count). The number of carboxylic acid groups (broad SMARTS) is 1. The van der Waals surface area contributed by atoms with Gasteiger partial charge in [-0.2, -0.15) is 10.4 Å². The largest absolute Gasteiger partial charge is 0.481 e. The van der Waals surface area contributed by atoms with Crippen LogP contribution in [0.15, 0.2) is 0 Å². The molecule has 1 fully saturated rings. The SMILES string of the molecule is Cc1nnc(NCC2CCC(C(=O)O)CC2)c(C#N)c1C. The van der Waals surface area contributed by atoms with E-state index in [4.69, 9.17) is 5.11 Å². The van der Waals surface area contributed by atoms with Gasteiger partial charge < -0.3 is 10.4 Å². The summed E-state index contributed by atoms with van der Waals surface area (Å²) < 4.78 is 0. The van der Waals surface area contributed by atoms with Crippen molar-refractivity contribution in [2.75, 3.05) is 11.9 Å². The van der Waals surface area contributed by atoms with Crippen LogP contribution in [0.3, 0.4) is 0 Å². The standard InChI is InChI=1S/C15H20N4O2/c1-9-10(2)18-19-14(13(9)7-16)17-8-11-3-5-12(6-4-11)15(20)21/h11-12H,3-6,8H2,1-2H3,(H,17,19)(H,20,21). The van der Waals surface area contributed by atoms with E-state index in [1.807, 2.05) is 13.8 Å². The number of hydrogen-bond acceptors (Lipinski definition) is 5. The molecule has 0 amide bonds. The molecule has 0 radical (unpaired) electrons. The average molecular weight is 288 g/mol. The maximum atomic E-state index is 10.9. The summed E-state index contributed by atoms with van der Waals surface area (Å²) in [5, 5.41) is 29.5. The van der Waals surface area contributed by atoms with E-state index in [1.54, 1.807) is 0 Å². The van der Waals surface area contributed by atoms with Crippen LogP contribution in [0.2, 0.25) is 0 Å². The molecule has 1 heterocycles. The Bertz CT molecular complexity index is 572. The number of aliphatic carboxylic acids is 1. The third-order valence-corrected chi connectivity index (χ3v) is 4.32. The summed E-state index contributed by atoms with van der Waals surface area (Å²) >= 11 is 0. The van der Waals surface area contributed by atoms with Gasteiger partial charge in [0.2, 0.25) is 0 Å². The molecule has 0 saturated heterocycles. The lowest BCUT2D eigenvalue weighted by atomic mass is 9.82. The van der Waals surface area contributed by atoms with Gasteiger partial charge in [0.25, 0.3) is 0 Å². The highest BCUT2D eigenvalue weighted by molar-refractivity contribution is 5.70. The highest BCUT2D eigenvalue weighted by Gasteiger charge is 2.26. The first-order valence-electron chi connectivity index (χ1n) is 7.23. The number of anilines is 1. The normalized spacial score (nSPS) is 21.6. The molecular formula is C15H20N4O2. The Morgan fingerprint density at radius 1 is 1.33 bits per heavy atom. The molecule has 1 aromatic heterocycles. The topological polar surface area (TPSA) is 98.9 Å². The third-order valence-electron chi connectivity index (χ3n) is 4.32. The first-order chi connectivity index (χ1) is 10.0. The fraction of sp³-hybridized carbons (Fsp3) is 0.600. The molecule has 1 aliphatic rings. The van der Waals surface area contributed by atoms with Crippen LogP contribution in [0.1, 0.15) is 42.5 Å². The fourth-order valence-corrected chi connectivity index (χ4v) is 2.72. The quantitative estimate of drug-likeness (QED) is 0.881. The Kier molecular flexibility index (Phi) is 4.73. The molecule has 2 N–H and O–H groups in total. The van der Waals surface area contributed by atoms with E-state index in [9.17, 15) is 10.1 Å². The number of rotatable bonds is 4. The summed E-state index contributed by atoms with van der Waals surface area (Å²) in [5.41, 5.74) is 2.16. The molecule has 1 aliphatic carbocycles. The fourth-order valence-electron chi connectivity index (χ4n) is 2.72. The summed E-state index contributed by atoms with van der Waals surface area (Å²) in [5.74, 6) is 0.0713.